The molecule has 0 aromatic heterocycles. The Morgan fingerprint density at radius 2 is 1.14 bits per heavy atom. The van der Waals surface area contributed by atoms with E-state index < -0.39 is 36.6 Å². The lowest BCUT2D eigenvalue weighted by Crippen LogP contribution is -2.42. The highest BCUT2D eigenvalue weighted by Gasteiger charge is 2.54. The summed E-state index contributed by atoms with van der Waals surface area (Å²) in [6, 6.07) is 5.65. The Labute approximate surface area is 212 Å². The second kappa shape index (κ2) is 8.90. The number of hydrogen-bond acceptors (Lipinski definition) is 6. The van der Waals surface area contributed by atoms with Crippen molar-refractivity contribution in [3.63, 3.8) is 0 Å². The number of rotatable bonds is 5. The summed E-state index contributed by atoms with van der Waals surface area (Å²) in [6.45, 7) is 18.3. The minimum Gasteiger partial charge on any atom is -0.455 e. The molecule has 0 bridgehead atoms. The van der Waals surface area contributed by atoms with Crippen LogP contribution in [0.2, 0.25) is 0 Å². The van der Waals surface area contributed by atoms with Gasteiger partial charge in [0.05, 0.1) is 28.0 Å². The molecule has 1 aromatic carbocycles. The summed E-state index contributed by atoms with van der Waals surface area (Å²) in [4.78, 5) is 13.5. The molecule has 1 aliphatic carbocycles. The zero-order chi connectivity index (χ0) is 25.9. The van der Waals surface area contributed by atoms with Gasteiger partial charge in [-0.3, -0.25) is 0 Å². The van der Waals surface area contributed by atoms with Gasteiger partial charge in [-0.1, -0.05) is 19.4 Å². The molecule has 1 saturated carbocycles. The molecule has 2 heterocycles. The molecule has 6 nitrogen and oxygen atoms in total. The lowest BCUT2D eigenvalue weighted by molar-refractivity contribution is -0.0397. The van der Waals surface area contributed by atoms with Crippen molar-refractivity contribution >= 4 is 31.1 Å². The zero-order valence-corrected chi connectivity index (χ0v) is 23.1. The number of benzene rings is 1. The van der Waals surface area contributed by atoms with E-state index in [9.17, 15) is 4.79 Å². The van der Waals surface area contributed by atoms with Gasteiger partial charge in [-0.05, 0) is 111 Å². The Morgan fingerprint density at radius 3 is 1.51 bits per heavy atom. The first kappa shape index (κ1) is 26.7. The highest BCUT2D eigenvalue weighted by molar-refractivity contribution is 6.66. The van der Waals surface area contributed by atoms with E-state index in [1.54, 1.807) is 0 Å². The lowest BCUT2D eigenvalue weighted by Gasteiger charge is -2.36. The van der Waals surface area contributed by atoms with Crippen LogP contribution in [0.1, 0.15) is 111 Å². The molecule has 0 amide bonds. The summed E-state index contributed by atoms with van der Waals surface area (Å²) in [6.07, 6.45) is 6.03. The molecule has 1 aromatic rings. The van der Waals surface area contributed by atoms with Crippen LogP contribution in [-0.4, -0.2) is 48.2 Å². The van der Waals surface area contributed by atoms with Gasteiger partial charge in [0, 0.05) is 0 Å². The van der Waals surface area contributed by atoms with E-state index in [4.69, 9.17) is 23.4 Å². The van der Waals surface area contributed by atoms with Crippen molar-refractivity contribution in [2.75, 3.05) is 0 Å². The zero-order valence-electron chi connectivity index (χ0n) is 23.1. The van der Waals surface area contributed by atoms with Crippen molar-refractivity contribution in [2.24, 2.45) is 0 Å². The van der Waals surface area contributed by atoms with Gasteiger partial charge in [0.15, 0.2) is 0 Å². The highest BCUT2D eigenvalue weighted by Crippen LogP contribution is 2.39. The van der Waals surface area contributed by atoms with Crippen LogP contribution in [0.3, 0.4) is 0 Å². The van der Waals surface area contributed by atoms with Crippen LogP contribution in [0.15, 0.2) is 18.2 Å². The van der Waals surface area contributed by atoms with Gasteiger partial charge >= 0.3 is 20.2 Å². The second-order valence-electron chi connectivity index (χ2n) is 12.6. The molecule has 192 valence electrons. The number of carbonyl (C=O) groups is 1. The summed E-state index contributed by atoms with van der Waals surface area (Å²) < 4.78 is 31.5. The molecule has 35 heavy (non-hydrogen) atoms. The Hall–Kier alpha value is -1.34. The highest BCUT2D eigenvalue weighted by atomic mass is 16.7. The quantitative estimate of drug-likeness (QED) is 0.452. The maximum absolute atomic E-state index is 13.5. The first-order valence-electron chi connectivity index (χ1n) is 13.2. The Kier molecular flexibility index (Phi) is 6.79. The number of hydrogen-bond donors (Lipinski definition) is 0. The van der Waals surface area contributed by atoms with Crippen LogP contribution in [-0.2, 0) is 23.4 Å². The van der Waals surface area contributed by atoms with Crippen LogP contribution in [0.5, 0.6) is 0 Å². The van der Waals surface area contributed by atoms with Crippen molar-refractivity contribution in [3.8, 4) is 0 Å². The number of esters is 1. The maximum atomic E-state index is 13.5. The predicted octanol–water partition coefficient (Wildman–Crippen LogP) is 4.55. The SMILES string of the molecule is CCC1(OC(=O)c2cc(B3OC(C)(C)C(C)(C)O3)cc(B3OC(C)(C)C(C)(C)O3)c2)CCCCC1. The van der Waals surface area contributed by atoms with E-state index in [1.165, 1.54) is 6.42 Å². The fourth-order valence-corrected chi connectivity index (χ4v) is 5.00. The molecule has 2 aliphatic heterocycles. The van der Waals surface area contributed by atoms with Crippen LogP contribution in [0.25, 0.3) is 0 Å². The Bertz CT molecular complexity index is 878. The molecule has 4 rings (SSSR count). The van der Waals surface area contributed by atoms with E-state index in [0.29, 0.717) is 5.56 Å². The molecule has 0 unspecified atom stereocenters. The monoisotopic (exact) mass is 484 g/mol. The average Bonchev–Trinajstić information content (AvgIpc) is 3.13. The fraction of sp³-hybridized carbons (Fsp3) is 0.741. The molecule has 2 saturated heterocycles. The van der Waals surface area contributed by atoms with E-state index in [2.05, 4.69) is 6.92 Å². The van der Waals surface area contributed by atoms with Gasteiger partial charge in [0.2, 0.25) is 0 Å². The number of carbonyl (C=O) groups excluding carboxylic acids is 1. The van der Waals surface area contributed by atoms with Crippen molar-refractivity contribution in [1.29, 1.82) is 0 Å². The first-order chi connectivity index (χ1) is 16.1. The molecule has 3 aliphatic rings. The van der Waals surface area contributed by atoms with Gasteiger partial charge in [0.1, 0.15) is 5.60 Å². The van der Waals surface area contributed by atoms with Gasteiger partial charge in [-0.2, -0.15) is 0 Å². The summed E-state index contributed by atoms with van der Waals surface area (Å²) in [5.41, 5.74) is -0.366. The summed E-state index contributed by atoms with van der Waals surface area (Å²) in [7, 11) is -1.22. The predicted molar refractivity (Wildman–Crippen MR) is 139 cm³/mol. The molecule has 8 heteroatoms. The van der Waals surface area contributed by atoms with Gasteiger partial charge in [-0.25, -0.2) is 4.79 Å². The molecule has 0 spiro atoms. The third kappa shape index (κ3) is 4.96. The Balaban J connectivity index is 1.70. The topological polar surface area (TPSA) is 63.2 Å². The van der Waals surface area contributed by atoms with Crippen LogP contribution in [0.4, 0.5) is 0 Å². The largest absolute Gasteiger partial charge is 0.494 e. The lowest BCUT2D eigenvalue weighted by atomic mass is 9.71. The first-order valence-corrected chi connectivity index (χ1v) is 13.2. The minimum absolute atomic E-state index is 0.315. The van der Waals surface area contributed by atoms with E-state index in [1.807, 2.05) is 73.6 Å². The number of ether oxygens (including phenoxy) is 1. The van der Waals surface area contributed by atoms with Crippen molar-refractivity contribution in [1.82, 2.24) is 0 Å². The van der Waals surface area contributed by atoms with Gasteiger partial charge in [-0.15, -0.1) is 0 Å². The molecule has 3 fully saturated rings. The molecule has 0 N–H and O–H groups in total. The third-order valence-electron chi connectivity index (χ3n) is 8.98. The summed E-state index contributed by atoms with van der Waals surface area (Å²) >= 11 is 0. The summed E-state index contributed by atoms with van der Waals surface area (Å²) in [5.74, 6) is -0.315. The van der Waals surface area contributed by atoms with Crippen molar-refractivity contribution in [3.05, 3.63) is 23.8 Å². The van der Waals surface area contributed by atoms with Crippen molar-refractivity contribution < 1.29 is 28.1 Å². The van der Waals surface area contributed by atoms with E-state index in [-0.39, 0.29) is 11.6 Å². The van der Waals surface area contributed by atoms with Crippen LogP contribution in [0, 0.1) is 0 Å². The summed E-state index contributed by atoms with van der Waals surface area (Å²) in [5, 5.41) is 0. The second-order valence-corrected chi connectivity index (χ2v) is 12.6. The molecule has 0 radical (unpaired) electrons. The minimum atomic E-state index is -0.608. The van der Waals surface area contributed by atoms with E-state index >= 15 is 0 Å². The Morgan fingerprint density at radius 1 is 0.743 bits per heavy atom. The third-order valence-corrected chi connectivity index (χ3v) is 8.98. The maximum Gasteiger partial charge on any atom is 0.494 e. The standard InChI is InChI=1S/C27H42B2O6/c1-10-27(14-12-11-13-15-27)31-22(30)19-16-20(28-32-23(2,3)24(4,5)33-28)18-21(17-19)29-34-25(6,7)26(8,9)35-29/h16-18H,10-15H2,1-9H3. The molecular formula is C27H42B2O6. The van der Waals surface area contributed by atoms with E-state index in [0.717, 1.165) is 43.0 Å². The van der Waals surface area contributed by atoms with Crippen molar-refractivity contribution in [2.45, 2.75) is 129 Å². The van der Waals surface area contributed by atoms with Crippen LogP contribution >= 0.6 is 0 Å². The normalized spacial score (nSPS) is 26.1. The smallest absolute Gasteiger partial charge is 0.455 e. The van der Waals surface area contributed by atoms with Gasteiger partial charge < -0.3 is 23.4 Å². The molecular weight excluding hydrogens is 442 g/mol. The molecule has 0 atom stereocenters. The van der Waals surface area contributed by atoms with Crippen LogP contribution < -0.4 is 10.9 Å². The average molecular weight is 484 g/mol. The fourth-order valence-electron chi connectivity index (χ4n) is 5.00. The van der Waals surface area contributed by atoms with Gasteiger partial charge in [0.25, 0.3) is 0 Å².